The van der Waals surface area contributed by atoms with Crippen molar-refractivity contribution in [3.8, 4) is 0 Å². The van der Waals surface area contributed by atoms with Gasteiger partial charge in [0.2, 0.25) is 0 Å². The van der Waals surface area contributed by atoms with Crippen LogP contribution in [0.2, 0.25) is 0 Å². The monoisotopic (exact) mass is 536 g/mol. The fraction of sp³-hybridized carbons (Fsp3) is 0.273. The lowest BCUT2D eigenvalue weighted by Crippen LogP contribution is -2.33. The highest BCUT2D eigenvalue weighted by Crippen LogP contribution is 2.20. The molecular weight excluding hydrogens is 500 g/mol. The number of hydrogen-bond donors (Lipinski definition) is 2. The van der Waals surface area contributed by atoms with Crippen LogP contribution in [-0.2, 0) is 25.9 Å². The highest BCUT2D eigenvalue weighted by molar-refractivity contribution is 7.09. The zero-order valence-electron chi connectivity index (χ0n) is 22.7. The van der Waals surface area contributed by atoms with Crippen molar-refractivity contribution >= 4 is 28.1 Å². The SMILES string of the molecule is Cc1ccc(CN(CCc2c[nH]c3ccccc23)Cc2nc(C(=O)NC(C)CCc3ccccc3)cs2)cc1. The number of nitrogens with one attached hydrogen (secondary N) is 2. The molecule has 0 aliphatic rings. The molecule has 0 saturated carbocycles. The first-order valence-electron chi connectivity index (χ1n) is 13.7. The van der Waals surface area contributed by atoms with Crippen LogP contribution in [0, 0.1) is 6.92 Å². The Morgan fingerprint density at radius 1 is 0.949 bits per heavy atom. The first-order chi connectivity index (χ1) is 19.0. The number of H-pyrrole nitrogens is 1. The van der Waals surface area contributed by atoms with E-state index < -0.39 is 0 Å². The topological polar surface area (TPSA) is 61.0 Å². The minimum atomic E-state index is -0.0954. The summed E-state index contributed by atoms with van der Waals surface area (Å²) >= 11 is 1.56. The largest absolute Gasteiger partial charge is 0.361 e. The standard InChI is InChI=1S/C33H36N4OS/c1-24-12-15-27(16-13-24)21-37(19-18-28-20-34-30-11-7-6-10-29(28)30)22-32-36-31(23-39-32)33(38)35-25(2)14-17-26-8-4-3-5-9-26/h3-13,15-16,20,23,25,34H,14,17-19,21-22H2,1-2H3,(H,35,38). The van der Waals surface area contributed by atoms with Gasteiger partial charge >= 0.3 is 0 Å². The number of carbonyl (C=O) groups excluding carboxylic acids is 1. The Morgan fingerprint density at radius 3 is 2.54 bits per heavy atom. The summed E-state index contributed by atoms with van der Waals surface area (Å²) in [6, 6.07) is 27.6. The highest BCUT2D eigenvalue weighted by atomic mass is 32.1. The number of benzene rings is 3. The van der Waals surface area contributed by atoms with Crippen molar-refractivity contribution in [2.45, 2.75) is 52.2 Å². The molecule has 1 amide bonds. The molecule has 0 bridgehead atoms. The van der Waals surface area contributed by atoms with Crippen molar-refractivity contribution in [3.05, 3.63) is 123 Å². The van der Waals surface area contributed by atoms with E-state index in [1.54, 1.807) is 11.3 Å². The number of para-hydroxylation sites is 1. The predicted octanol–water partition coefficient (Wildman–Crippen LogP) is 6.93. The van der Waals surface area contributed by atoms with Crippen molar-refractivity contribution in [1.82, 2.24) is 20.2 Å². The third-order valence-corrected chi connectivity index (χ3v) is 7.96. The van der Waals surface area contributed by atoms with E-state index in [1.165, 1.54) is 33.2 Å². The molecule has 5 nitrogen and oxygen atoms in total. The second-order valence-electron chi connectivity index (χ2n) is 10.3. The van der Waals surface area contributed by atoms with Crippen LogP contribution in [-0.4, -0.2) is 33.4 Å². The van der Waals surface area contributed by atoms with Gasteiger partial charge in [0.1, 0.15) is 10.7 Å². The van der Waals surface area contributed by atoms with Gasteiger partial charge in [0.05, 0.1) is 6.54 Å². The quantitative estimate of drug-likeness (QED) is 0.182. The molecule has 5 aromatic rings. The van der Waals surface area contributed by atoms with E-state index in [9.17, 15) is 4.79 Å². The average molecular weight is 537 g/mol. The minimum Gasteiger partial charge on any atom is -0.361 e. The lowest BCUT2D eigenvalue weighted by molar-refractivity contribution is 0.0933. The fourth-order valence-electron chi connectivity index (χ4n) is 4.86. The zero-order chi connectivity index (χ0) is 27.0. The third kappa shape index (κ3) is 7.43. The molecule has 0 fully saturated rings. The Kier molecular flexibility index (Phi) is 8.86. The van der Waals surface area contributed by atoms with E-state index in [0.717, 1.165) is 37.4 Å². The molecule has 1 atom stereocenters. The second-order valence-corrected chi connectivity index (χ2v) is 11.3. The Bertz CT molecular complexity index is 1490. The molecule has 5 rings (SSSR count). The maximum Gasteiger partial charge on any atom is 0.270 e. The first-order valence-corrected chi connectivity index (χ1v) is 14.5. The highest BCUT2D eigenvalue weighted by Gasteiger charge is 2.16. The van der Waals surface area contributed by atoms with E-state index in [0.29, 0.717) is 12.2 Å². The van der Waals surface area contributed by atoms with Crippen molar-refractivity contribution in [2.75, 3.05) is 6.54 Å². The van der Waals surface area contributed by atoms with Gasteiger partial charge in [-0.2, -0.15) is 0 Å². The summed E-state index contributed by atoms with van der Waals surface area (Å²) in [5, 5.41) is 7.26. The molecule has 0 radical (unpaired) electrons. The normalized spacial score (nSPS) is 12.2. The number of aromatic nitrogens is 2. The summed E-state index contributed by atoms with van der Waals surface area (Å²) in [7, 11) is 0. The molecule has 6 heteroatoms. The summed E-state index contributed by atoms with van der Waals surface area (Å²) in [6.45, 7) is 6.61. The van der Waals surface area contributed by atoms with E-state index >= 15 is 0 Å². The Balaban J connectivity index is 1.22. The van der Waals surface area contributed by atoms with Gasteiger partial charge in [-0.25, -0.2) is 4.98 Å². The molecule has 0 saturated heterocycles. The van der Waals surface area contributed by atoms with E-state index in [2.05, 4.69) is 108 Å². The van der Waals surface area contributed by atoms with Crippen molar-refractivity contribution in [3.63, 3.8) is 0 Å². The first kappa shape index (κ1) is 26.9. The molecule has 2 aromatic heterocycles. The number of nitrogens with zero attached hydrogens (tertiary/aromatic N) is 2. The summed E-state index contributed by atoms with van der Waals surface area (Å²) in [5.41, 5.74) is 6.83. The van der Waals surface area contributed by atoms with Gasteiger partial charge in [-0.05, 0) is 55.9 Å². The molecule has 3 aromatic carbocycles. The number of thiazole rings is 1. The van der Waals surface area contributed by atoms with Crippen molar-refractivity contribution in [1.29, 1.82) is 0 Å². The van der Waals surface area contributed by atoms with Crippen LogP contribution in [0.1, 0.15) is 51.1 Å². The average Bonchev–Trinajstić information content (AvgIpc) is 3.60. The van der Waals surface area contributed by atoms with Crippen LogP contribution in [0.4, 0.5) is 0 Å². The summed E-state index contributed by atoms with van der Waals surface area (Å²) in [5.74, 6) is -0.0954. The number of rotatable bonds is 12. The third-order valence-electron chi connectivity index (χ3n) is 7.13. The molecule has 39 heavy (non-hydrogen) atoms. The number of amides is 1. The van der Waals surface area contributed by atoms with Gasteiger partial charge < -0.3 is 10.3 Å². The van der Waals surface area contributed by atoms with Crippen LogP contribution < -0.4 is 5.32 Å². The van der Waals surface area contributed by atoms with Gasteiger partial charge in [0, 0.05) is 41.6 Å². The van der Waals surface area contributed by atoms with E-state index in [4.69, 9.17) is 4.98 Å². The lowest BCUT2D eigenvalue weighted by Gasteiger charge is -2.21. The van der Waals surface area contributed by atoms with Crippen LogP contribution in [0.25, 0.3) is 10.9 Å². The number of carbonyl (C=O) groups is 1. The molecular formula is C33H36N4OS. The van der Waals surface area contributed by atoms with Gasteiger partial charge in [-0.3, -0.25) is 9.69 Å². The van der Waals surface area contributed by atoms with E-state index in [-0.39, 0.29) is 11.9 Å². The van der Waals surface area contributed by atoms with Crippen molar-refractivity contribution < 1.29 is 4.79 Å². The van der Waals surface area contributed by atoms with Gasteiger partial charge in [-0.15, -0.1) is 11.3 Å². The Morgan fingerprint density at radius 2 is 1.72 bits per heavy atom. The smallest absolute Gasteiger partial charge is 0.270 e. The van der Waals surface area contributed by atoms with Crippen LogP contribution in [0.5, 0.6) is 0 Å². The zero-order valence-corrected chi connectivity index (χ0v) is 23.5. The Labute approximate surface area is 234 Å². The molecule has 200 valence electrons. The molecule has 1 unspecified atom stereocenters. The fourth-order valence-corrected chi connectivity index (χ4v) is 5.68. The van der Waals surface area contributed by atoms with Crippen LogP contribution in [0.3, 0.4) is 0 Å². The van der Waals surface area contributed by atoms with Crippen molar-refractivity contribution in [2.24, 2.45) is 0 Å². The molecule has 2 heterocycles. The number of aryl methyl sites for hydroxylation is 2. The summed E-state index contributed by atoms with van der Waals surface area (Å²) in [4.78, 5) is 23.5. The van der Waals surface area contributed by atoms with E-state index in [1.807, 2.05) is 11.4 Å². The summed E-state index contributed by atoms with van der Waals surface area (Å²) in [6.07, 6.45) is 4.90. The lowest BCUT2D eigenvalue weighted by atomic mass is 10.1. The van der Waals surface area contributed by atoms with Crippen LogP contribution >= 0.6 is 11.3 Å². The summed E-state index contributed by atoms with van der Waals surface area (Å²) < 4.78 is 0. The van der Waals surface area contributed by atoms with Gasteiger partial charge in [-0.1, -0.05) is 78.4 Å². The number of aromatic amines is 1. The van der Waals surface area contributed by atoms with Gasteiger partial charge in [0.25, 0.3) is 5.91 Å². The maximum absolute atomic E-state index is 12.9. The molecule has 0 spiro atoms. The molecule has 0 aliphatic heterocycles. The Hall–Kier alpha value is -3.74. The second kappa shape index (κ2) is 12.9. The minimum absolute atomic E-state index is 0.0806. The number of fused-ring (bicyclic) bond motifs is 1. The molecule has 2 N–H and O–H groups in total. The predicted molar refractivity (Wildman–Crippen MR) is 161 cm³/mol. The van der Waals surface area contributed by atoms with Crippen LogP contribution in [0.15, 0.2) is 90.4 Å². The van der Waals surface area contributed by atoms with Gasteiger partial charge in [0.15, 0.2) is 0 Å². The number of hydrogen-bond acceptors (Lipinski definition) is 4. The maximum atomic E-state index is 12.9. The molecule has 0 aliphatic carbocycles.